The number of fused-ring (bicyclic) bond motifs is 2. The summed E-state index contributed by atoms with van der Waals surface area (Å²) in [5.74, 6) is 0.595. The first-order chi connectivity index (χ1) is 14.9. The highest BCUT2D eigenvalue weighted by Crippen LogP contribution is 2.32. The molecule has 4 rings (SSSR count). The van der Waals surface area contributed by atoms with Gasteiger partial charge in [-0.05, 0) is 23.6 Å². The maximum Gasteiger partial charge on any atom is 0.260 e. The molecular formula is C22H21N3O5S. The van der Waals surface area contributed by atoms with Crippen LogP contribution in [-0.2, 0) is 14.8 Å². The first-order valence-electron chi connectivity index (χ1n) is 9.59. The first-order valence-corrected chi connectivity index (χ1v) is 11.4. The lowest BCUT2D eigenvalue weighted by Crippen LogP contribution is -2.39. The van der Waals surface area contributed by atoms with Crippen molar-refractivity contribution in [3.8, 4) is 11.5 Å². The van der Waals surface area contributed by atoms with Crippen molar-refractivity contribution < 1.29 is 22.7 Å². The highest BCUT2D eigenvalue weighted by atomic mass is 32.2. The van der Waals surface area contributed by atoms with Crippen LogP contribution in [0.4, 0.5) is 5.69 Å². The molecule has 0 aliphatic carbocycles. The van der Waals surface area contributed by atoms with Crippen LogP contribution in [0.15, 0.2) is 65.8 Å². The van der Waals surface area contributed by atoms with Gasteiger partial charge in [-0.15, -0.1) is 0 Å². The number of carbonyl (C=O) groups excluding carboxylic acids is 1. The average molecular weight is 439 g/mol. The van der Waals surface area contributed by atoms with Crippen LogP contribution in [0.2, 0.25) is 0 Å². The van der Waals surface area contributed by atoms with Crippen molar-refractivity contribution in [3.63, 3.8) is 0 Å². The number of amides is 1. The average Bonchev–Trinajstić information content (AvgIpc) is 2.76. The van der Waals surface area contributed by atoms with E-state index in [-0.39, 0.29) is 0 Å². The summed E-state index contributed by atoms with van der Waals surface area (Å²) < 4.78 is 37.1. The quantitative estimate of drug-likeness (QED) is 0.470. The van der Waals surface area contributed by atoms with Gasteiger partial charge < -0.3 is 9.47 Å². The van der Waals surface area contributed by atoms with Crippen LogP contribution in [0.25, 0.3) is 10.8 Å². The van der Waals surface area contributed by atoms with E-state index in [1.807, 2.05) is 30.3 Å². The van der Waals surface area contributed by atoms with Gasteiger partial charge in [0.2, 0.25) is 10.0 Å². The van der Waals surface area contributed by atoms with Crippen molar-refractivity contribution in [3.05, 3.63) is 66.2 Å². The highest BCUT2D eigenvalue weighted by molar-refractivity contribution is 7.92. The minimum absolute atomic E-state index is 0.406. The lowest BCUT2D eigenvalue weighted by atomic mass is 10.1. The van der Waals surface area contributed by atoms with Gasteiger partial charge in [-0.2, -0.15) is 5.10 Å². The Morgan fingerprint density at radius 1 is 1.06 bits per heavy atom. The number of ether oxygens (including phenoxy) is 2. The zero-order valence-electron chi connectivity index (χ0n) is 16.8. The fraction of sp³-hybridized carbons (Fsp3) is 0.182. The molecule has 31 heavy (non-hydrogen) atoms. The Morgan fingerprint density at radius 2 is 1.81 bits per heavy atom. The molecule has 0 saturated heterocycles. The van der Waals surface area contributed by atoms with Crippen molar-refractivity contribution >= 4 is 38.6 Å². The molecule has 1 heterocycles. The first kappa shape index (κ1) is 20.7. The Kier molecular flexibility index (Phi) is 5.77. The molecule has 8 nitrogen and oxygen atoms in total. The molecule has 0 aromatic heterocycles. The predicted octanol–water partition coefficient (Wildman–Crippen LogP) is 2.53. The normalized spacial score (nSPS) is 13.3. The number of anilines is 1. The summed E-state index contributed by atoms with van der Waals surface area (Å²) >= 11 is 0. The van der Waals surface area contributed by atoms with E-state index in [0.717, 1.165) is 21.3 Å². The van der Waals surface area contributed by atoms with Crippen LogP contribution in [0, 0.1) is 0 Å². The number of rotatable bonds is 6. The Hall–Kier alpha value is -3.59. The molecule has 160 valence electrons. The highest BCUT2D eigenvalue weighted by Gasteiger charge is 2.22. The second-order valence-corrected chi connectivity index (χ2v) is 8.84. The monoisotopic (exact) mass is 439 g/mol. The zero-order chi connectivity index (χ0) is 21.8. The number of hydrogen-bond acceptors (Lipinski definition) is 6. The topological polar surface area (TPSA) is 97.3 Å². The maximum atomic E-state index is 12.5. The molecule has 0 unspecified atom stereocenters. The molecular weight excluding hydrogens is 418 g/mol. The minimum Gasteiger partial charge on any atom is -0.486 e. The summed E-state index contributed by atoms with van der Waals surface area (Å²) in [5.41, 5.74) is 3.46. The van der Waals surface area contributed by atoms with Crippen molar-refractivity contribution in [2.75, 3.05) is 30.3 Å². The van der Waals surface area contributed by atoms with Crippen LogP contribution in [0.3, 0.4) is 0 Å². The number of para-hydroxylation sites is 1. The number of hydrazone groups is 1. The number of nitrogens with zero attached hydrogens (tertiary/aromatic N) is 2. The number of benzene rings is 3. The molecule has 0 atom stereocenters. The van der Waals surface area contributed by atoms with E-state index in [1.165, 1.54) is 6.21 Å². The van der Waals surface area contributed by atoms with Gasteiger partial charge in [0.1, 0.15) is 19.8 Å². The number of carbonyl (C=O) groups is 1. The van der Waals surface area contributed by atoms with Crippen molar-refractivity contribution in [1.29, 1.82) is 0 Å². The van der Waals surface area contributed by atoms with Crippen LogP contribution < -0.4 is 19.2 Å². The van der Waals surface area contributed by atoms with Gasteiger partial charge in [0.05, 0.1) is 18.2 Å². The SMILES string of the molecule is CS(=O)(=O)N(CC(=O)N/N=C\c1cccc2c1OCCO2)c1cccc2ccccc12. The second kappa shape index (κ2) is 8.65. The molecule has 1 aliphatic rings. The van der Waals surface area contributed by atoms with E-state index in [4.69, 9.17) is 9.47 Å². The predicted molar refractivity (Wildman–Crippen MR) is 119 cm³/mol. The molecule has 0 spiro atoms. The fourth-order valence-corrected chi connectivity index (χ4v) is 4.21. The largest absolute Gasteiger partial charge is 0.486 e. The Morgan fingerprint density at radius 3 is 2.65 bits per heavy atom. The Bertz CT molecular complexity index is 1250. The van der Waals surface area contributed by atoms with Gasteiger partial charge in [0.15, 0.2) is 11.5 Å². The third-order valence-corrected chi connectivity index (χ3v) is 5.84. The van der Waals surface area contributed by atoms with Crippen LogP contribution in [0.1, 0.15) is 5.56 Å². The molecule has 0 radical (unpaired) electrons. The van der Waals surface area contributed by atoms with Crippen molar-refractivity contribution in [1.82, 2.24) is 5.43 Å². The smallest absolute Gasteiger partial charge is 0.260 e. The van der Waals surface area contributed by atoms with Crippen LogP contribution in [0.5, 0.6) is 11.5 Å². The van der Waals surface area contributed by atoms with Gasteiger partial charge in [-0.1, -0.05) is 42.5 Å². The Labute approximate surface area is 180 Å². The van der Waals surface area contributed by atoms with E-state index < -0.39 is 22.5 Å². The number of hydrogen-bond donors (Lipinski definition) is 1. The molecule has 1 amide bonds. The van der Waals surface area contributed by atoms with E-state index >= 15 is 0 Å². The molecule has 3 aromatic rings. The zero-order valence-corrected chi connectivity index (χ0v) is 17.6. The fourth-order valence-electron chi connectivity index (χ4n) is 3.34. The molecule has 0 bridgehead atoms. The number of sulfonamides is 1. The van der Waals surface area contributed by atoms with Gasteiger partial charge in [0.25, 0.3) is 5.91 Å². The summed E-state index contributed by atoms with van der Waals surface area (Å²) in [7, 11) is -3.71. The molecule has 1 N–H and O–H groups in total. The molecule has 0 fully saturated rings. The lowest BCUT2D eigenvalue weighted by molar-refractivity contribution is -0.119. The van der Waals surface area contributed by atoms with Gasteiger partial charge in [-0.25, -0.2) is 13.8 Å². The lowest BCUT2D eigenvalue weighted by Gasteiger charge is -2.23. The van der Waals surface area contributed by atoms with Gasteiger partial charge in [-0.3, -0.25) is 9.10 Å². The Balaban J connectivity index is 1.53. The summed E-state index contributed by atoms with van der Waals surface area (Å²) in [4.78, 5) is 12.5. The maximum absolute atomic E-state index is 12.5. The molecule has 3 aromatic carbocycles. The molecule has 1 aliphatic heterocycles. The van der Waals surface area contributed by atoms with Gasteiger partial charge >= 0.3 is 0 Å². The van der Waals surface area contributed by atoms with Crippen molar-refractivity contribution in [2.24, 2.45) is 5.10 Å². The number of nitrogens with one attached hydrogen (secondary N) is 1. The summed E-state index contributed by atoms with van der Waals surface area (Å²) in [5, 5.41) is 5.57. The van der Waals surface area contributed by atoms with Crippen molar-refractivity contribution in [2.45, 2.75) is 0 Å². The second-order valence-electron chi connectivity index (χ2n) is 6.93. The third-order valence-electron chi connectivity index (χ3n) is 4.71. The summed E-state index contributed by atoms with van der Waals surface area (Å²) in [6.07, 6.45) is 2.51. The third kappa shape index (κ3) is 4.61. The van der Waals surface area contributed by atoms with E-state index in [9.17, 15) is 13.2 Å². The van der Waals surface area contributed by atoms with Gasteiger partial charge in [0, 0.05) is 10.9 Å². The summed E-state index contributed by atoms with van der Waals surface area (Å²) in [6.45, 7) is 0.495. The standard InChI is InChI=1S/C22H21N3O5S/c1-31(27,28)25(19-10-4-7-16-6-2-3-9-18(16)19)15-21(26)24-23-14-17-8-5-11-20-22(17)30-13-12-29-20/h2-11,14H,12-13,15H2,1H3,(H,24,26)/b23-14-. The minimum atomic E-state index is -3.71. The van der Waals surface area contributed by atoms with E-state index in [1.54, 1.807) is 30.3 Å². The van der Waals surface area contributed by atoms with Crippen LogP contribution >= 0.6 is 0 Å². The summed E-state index contributed by atoms with van der Waals surface area (Å²) in [6, 6.07) is 18.1. The van der Waals surface area contributed by atoms with Crippen LogP contribution in [-0.4, -0.2) is 46.6 Å². The van der Waals surface area contributed by atoms with E-state index in [0.29, 0.717) is 36.0 Å². The molecule has 9 heteroatoms. The van der Waals surface area contributed by atoms with E-state index in [2.05, 4.69) is 10.5 Å². The molecule has 0 saturated carbocycles.